The Morgan fingerprint density at radius 2 is 2.03 bits per heavy atom. The molecule has 3 aromatic rings. The molecule has 0 radical (unpaired) electrons. The van der Waals surface area contributed by atoms with Gasteiger partial charge in [-0.3, -0.25) is 14.9 Å². The molecule has 0 bridgehead atoms. The Morgan fingerprint density at radius 1 is 1.23 bits per heavy atom. The first-order valence-corrected chi connectivity index (χ1v) is 10.8. The van der Waals surface area contributed by atoms with Crippen LogP contribution in [0.5, 0.6) is 11.5 Å². The van der Waals surface area contributed by atoms with Crippen molar-refractivity contribution in [3.63, 3.8) is 0 Å². The van der Waals surface area contributed by atoms with E-state index in [1.165, 1.54) is 35.2 Å². The lowest BCUT2D eigenvalue weighted by Crippen LogP contribution is -2.22. The van der Waals surface area contributed by atoms with E-state index in [0.717, 1.165) is 4.90 Å². The summed E-state index contributed by atoms with van der Waals surface area (Å²) in [5, 5.41) is 15.6. The van der Waals surface area contributed by atoms with E-state index in [9.17, 15) is 14.9 Å². The molecular weight excluding hydrogens is 426 g/mol. The van der Waals surface area contributed by atoms with Gasteiger partial charge in [0.15, 0.2) is 16.6 Å². The molecule has 1 aliphatic rings. The first-order chi connectivity index (χ1) is 14.5. The van der Waals surface area contributed by atoms with Gasteiger partial charge in [-0.05, 0) is 25.1 Å². The number of thiazole rings is 1. The van der Waals surface area contributed by atoms with Gasteiger partial charge in [-0.25, -0.2) is 4.98 Å². The van der Waals surface area contributed by atoms with Crippen molar-refractivity contribution >= 4 is 39.8 Å². The molecule has 8 nitrogen and oxygen atoms in total. The second-order valence-electron chi connectivity index (χ2n) is 6.40. The molecule has 0 saturated heterocycles. The molecule has 30 heavy (non-hydrogen) atoms. The molecule has 1 atom stereocenters. The first kappa shape index (κ1) is 20.2. The lowest BCUT2D eigenvalue weighted by atomic mass is 10.1. The molecule has 0 spiro atoms. The maximum Gasteiger partial charge on any atom is 0.270 e. The van der Waals surface area contributed by atoms with E-state index in [1.54, 1.807) is 17.5 Å². The number of nitrogens with zero attached hydrogens (tertiary/aromatic N) is 2. The van der Waals surface area contributed by atoms with Gasteiger partial charge in [0.2, 0.25) is 5.91 Å². The molecule has 1 aliphatic heterocycles. The summed E-state index contributed by atoms with van der Waals surface area (Å²) in [4.78, 5) is 28.4. The summed E-state index contributed by atoms with van der Waals surface area (Å²) in [6.07, 6.45) is 0. The first-order valence-electron chi connectivity index (χ1n) is 9.07. The van der Waals surface area contributed by atoms with Crippen LogP contribution in [0.15, 0.2) is 52.7 Å². The number of benzene rings is 2. The molecule has 4 rings (SSSR count). The number of nitro benzene ring substituents is 1. The van der Waals surface area contributed by atoms with E-state index in [2.05, 4.69) is 10.3 Å². The lowest BCUT2D eigenvalue weighted by molar-refractivity contribution is -0.384. The molecule has 1 unspecified atom stereocenters. The maximum absolute atomic E-state index is 12.6. The van der Waals surface area contributed by atoms with Crippen LogP contribution in [0, 0.1) is 10.1 Å². The third-order valence-electron chi connectivity index (χ3n) is 4.28. The number of amides is 1. The minimum Gasteiger partial charge on any atom is -0.486 e. The van der Waals surface area contributed by atoms with Crippen LogP contribution in [0.3, 0.4) is 0 Å². The number of ether oxygens (including phenoxy) is 2. The smallest absolute Gasteiger partial charge is 0.270 e. The van der Waals surface area contributed by atoms with Gasteiger partial charge < -0.3 is 14.8 Å². The molecule has 154 valence electrons. The molecule has 2 heterocycles. The standard InChI is InChI=1S/C20H17N3O5S2/c1-12(30-15-5-6-17-18(10-15)28-8-7-27-17)19(24)22-20-21-16(11-29-20)13-3-2-4-14(9-13)23(25)26/h2-6,9-12H,7-8H2,1H3,(H,21,22,24). The quantitative estimate of drug-likeness (QED) is 0.337. The molecule has 0 fully saturated rings. The Labute approximate surface area is 180 Å². The molecular formula is C20H17N3O5S2. The highest BCUT2D eigenvalue weighted by molar-refractivity contribution is 8.00. The van der Waals surface area contributed by atoms with Crippen LogP contribution < -0.4 is 14.8 Å². The molecule has 10 heteroatoms. The zero-order valence-electron chi connectivity index (χ0n) is 15.9. The third-order valence-corrected chi connectivity index (χ3v) is 6.13. The van der Waals surface area contributed by atoms with Crippen LogP contribution in [0.1, 0.15) is 6.92 Å². The fraction of sp³-hybridized carbons (Fsp3) is 0.200. The highest BCUT2D eigenvalue weighted by Crippen LogP contribution is 2.36. The highest BCUT2D eigenvalue weighted by atomic mass is 32.2. The summed E-state index contributed by atoms with van der Waals surface area (Å²) >= 11 is 2.68. The number of non-ortho nitro benzene ring substituents is 1. The van der Waals surface area contributed by atoms with Crippen molar-refractivity contribution in [2.24, 2.45) is 0 Å². The lowest BCUT2D eigenvalue weighted by Gasteiger charge is -2.19. The molecule has 0 saturated carbocycles. The van der Waals surface area contributed by atoms with E-state index in [1.807, 2.05) is 25.1 Å². The number of nitro groups is 1. The van der Waals surface area contributed by atoms with Gasteiger partial charge in [-0.1, -0.05) is 12.1 Å². The number of nitrogens with one attached hydrogen (secondary N) is 1. The number of thioether (sulfide) groups is 1. The number of aromatic nitrogens is 1. The van der Waals surface area contributed by atoms with Crippen molar-refractivity contribution in [2.75, 3.05) is 18.5 Å². The van der Waals surface area contributed by atoms with Crippen LogP contribution in [0.4, 0.5) is 10.8 Å². The van der Waals surface area contributed by atoms with Crippen LogP contribution in [-0.4, -0.2) is 34.3 Å². The number of carbonyl (C=O) groups is 1. The Balaban J connectivity index is 1.40. The SMILES string of the molecule is CC(Sc1ccc2c(c1)OCCO2)C(=O)Nc1nc(-c2cccc([N+](=O)[O-])c2)cs1. The van der Waals surface area contributed by atoms with Crippen LogP contribution in [0.2, 0.25) is 0 Å². The van der Waals surface area contributed by atoms with Gasteiger partial charge in [0.1, 0.15) is 13.2 Å². The molecule has 1 aromatic heterocycles. The van der Waals surface area contributed by atoms with Crippen molar-refractivity contribution in [3.8, 4) is 22.8 Å². The van der Waals surface area contributed by atoms with E-state index in [-0.39, 0.29) is 16.8 Å². The Kier molecular flexibility index (Phi) is 5.86. The van der Waals surface area contributed by atoms with Crippen LogP contribution in [-0.2, 0) is 4.79 Å². The van der Waals surface area contributed by atoms with Crippen molar-refractivity contribution in [1.29, 1.82) is 0 Å². The van der Waals surface area contributed by atoms with Gasteiger partial charge in [0, 0.05) is 28.0 Å². The molecule has 2 aromatic carbocycles. The summed E-state index contributed by atoms with van der Waals surface area (Å²) in [5.41, 5.74) is 1.20. The molecule has 1 amide bonds. The topological polar surface area (TPSA) is 104 Å². The van der Waals surface area contributed by atoms with Crippen LogP contribution in [0.25, 0.3) is 11.3 Å². The van der Waals surface area contributed by atoms with E-state index >= 15 is 0 Å². The monoisotopic (exact) mass is 443 g/mol. The normalized spacial score (nSPS) is 13.5. The Hall–Kier alpha value is -3.11. The van der Waals surface area contributed by atoms with Gasteiger partial charge in [0.25, 0.3) is 5.69 Å². The van der Waals surface area contributed by atoms with Gasteiger partial charge in [-0.15, -0.1) is 23.1 Å². The summed E-state index contributed by atoms with van der Waals surface area (Å²) in [5.74, 6) is 1.20. The minimum absolute atomic E-state index is 0.00413. The van der Waals surface area contributed by atoms with Crippen molar-refractivity contribution in [1.82, 2.24) is 4.98 Å². The van der Waals surface area contributed by atoms with E-state index in [0.29, 0.717) is 41.1 Å². The maximum atomic E-state index is 12.6. The molecule has 1 N–H and O–H groups in total. The fourth-order valence-corrected chi connectivity index (χ4v) is 4.42. The third kappa shape index (κ3) is 4.55. The largest absolute Gasteiger partial charge is 0.486 e. The number of hydrogen-bond acceptors (Lipinski definition) is 8. The van der Waals surface area contributed by atoms with Crippen molar-refractivity contribution in [3.05, 3.63) is 58.0 Å². The fourth-order valence-electron chi connectivity index (χ4n) is 2.80. The summed E-state index contributed by atoms with van der Waals surface area (Å²) < 4.78 is 11.1. The van der Waals surface area contributed by atoms with E-state index < -0.39 is 4.92 Å². The molecule has 0 aliphatic carbocycles. The zero-order valence-corrected chi connectivity index (χ0v) is 17.5. The van der Waals surface area contributed by atoms with Gasteiger partial charge >= 0.3 is 0 Å². The summed E-state index contributed by atoms with van der Waals surface area (Å²) in [7, 11) is 0. The Bertz CT molecular complexity index is 1100. The van der Waals surface area contributed by atoms with Crippen molar-refractivity contribution in [2.45, 2.75) is 17.1 Å². The van der Waals surface area contributed by atoms with E-state index in [4.69, 9.17) is 9.47 Å². The average molecular weight is 444 g/mol. The number of fused-ring (bicyclic) bond motifs is 1. The van der Waals surface area contributed by atoms with Crippen molar-refractivity contribution < 1.29 is 19.2 Å². The summed E-state index contributed by atoms with van der Waals surface area (Å²) in [6, 6.07) is 11.8. The highest BCUT2D eigenvalue weighted by Gasteiger charge is 2.19. The predicted molar refractivity (Wildman–Crippen MR) is 116 cm³/mol. The zero-order chi connectivity index (χ0) is 21.1. The Morgan fingerprint density at radius 3 is 2.83 bits per heavy atom. The number of carbonyl (C=O) groups excluding carboxylic acids is 1. The number of anilines is 1. The predicted octanol–water partition coefficient (Wildman–Crippen LogP) is 4.61. The second kappa shape index (κ2) is 8.72. The summed E-state index contributed by atoms with van der Waals surface area (Å²) in [6.45, 7) is 2.85. The number of rotatable bonds is 6. The minimum atomic E-state index is -0.449. The van der Waals surface area contributed by atoms with Crippen LogP contribution >= 0.6 is 23.1 Å². The number of hydrogen-bond donors (Lipinski definition) is 1. The second-order valence-corrected chi connectivity index (χ2v) is 8.67. The average Bonchev–Trinajstić information content (AvgIpc) is 3.22. The van der Waals surface area contributed by atoms with Gasteiger partial charge in [-0.2, -0.15) is 0 Å². The van der Waals surface area contributed by atoms with Gasteiger partial charge in [0.05, 0.1) is 15.9 Å².